The van der Waals surface area contributed by atoms with Crippen LogP contribution in [-0.4, -0.2) is 31.1 Å². The van der Waals surface area contributed by atoms with Crippen molar-refractivity contribution in [3.8, 4) is 0 Å². The molecule has 0 unspecified atom stereocenters. The van der Waals surface area contributed by atoms with Crippen LogP contribution in [0, 0.1) is 5.92 Å². The van der Waals surface area contributed by atoms with E-state index in [0.29, 0.717) is 5.92 Å². The lowest BCUT2D eigenvalue weighted by Gasteiger charge is -2.43. The summed E-state index contributed by atoms with van der Waals surface area (Å²) in [7, 11) is 0. The molecule has 2 aliphatic rings. The van der Waals surface area contributed by atoms with Crippen LogP contribution < -0.4 is 5.32 Å². The van der Waals surface area contributed by atoms with Crippen LogP contribution in [-0.2, 0) is 6.18 Å². The average Bonchev–Trinajstić information content (AvgIpc) is 2.43. The fraction of sp³-hybridized carbons (Fsp3) is 0.625. The van der Waals surface area contributed by atoms with E-state index < -0.39 is 11.7 Å². The second-order valence-corrected chi connectivity index (χ2v) is 7.01. The number of piperazine rings is 1. The minimum absolute atomic E-state index is 0. The summed E-state index contributed by atoms with van der Waals surface area (Å²) in [5, 5.41) is 3.31. The lowest BCUT2D eigenvalue weighted by atomic mass is 9.76. The predicted molar refractivity (Wildman–Crippen MR) is 90.9 cm³/mol. The number of hydrogen-bond acceptors (Lipinski definition) is 2. The molecule has 1 aliphatic heterocycles. The molecule has 7 heteroatoms. The standard InChI is InChI=1S/C16H20BrF3N2.ClH/c17-14-5-4-12(16(18,19)20)10-13(14)15(11-2-1-3-11)22-8-6-21-7-9-22;/h4-5,10-11,15,21H,1-3,6-9H2;1H/t15-;/m0./s1. The molecule has 0 bridgehead atoms. The molecule has 23 heavy (non-hydrogen) atoms. The zero-order valence-corrected chi connectivity index (χ0v) is 15.1. The third kappa shape index (κ3) is 4.21. The van der Waals surface area contributed by atoms with E-state index in [-0.39, 0.29) is 18.4 Å². The number of hydrogen-bond donors (Lipinski definition) is 1. The van der Waals surface area contributed by atoms with Crippen molar-refractivity contribution in [3.05, 3.63) is 33.8 Å². The molecule has 1 N–H and O–H groups in total. The van der Waals surface area contributed by atoms with Crippen LogP contribution in [0.15, 0.2) is 22.7 Å². The second kappa shape index (κ2) is 7.72. The largest absolute Gasteiger partial charge is 0.416 e. The Hall–Kier alpha value is -0.300. The number of halogens is 5. The highest BCUT2D eigenvalue weighted by Crippen LogP contribution is 2.45. The van der Waals surface area contributed by atoms with Crippen molar-refractivity contribution in [2.45, 2.75) is 31.5 Å². The number of benzene rings is 1. The maximum atomic E-state index is 13.1. The van der Waals surface area contributed by atoms with Crippen LogP contribution in [0.3, 0.4) is 0 Å². The first-order valence-electron chi connectivity index (χ1n) is 7.78. The molecule has 0 spiro atoms. The van der Waals surface area contributed by atoms with E-state index in [1.165, 1.54) is 12.5 Å². The molecular weight excluding hydrogens is 393 g/mol. The van der Waals surface area contributed by atoms with Gasteiger partial charge in [0, 0.05) is 36.7 Å². The van der Waals surface area contributed by atoms with E-state index in [1.807, 2.05) is 0 Å². The monoisotopic (exact) mass is 412 g/mol. The Morgan fingerprint density at radius 2 is 1.83 bits per heavy atom. The van der Waals surface area contributed by atoms with Crippen molar-refractivity contribution in [1.82, 2.24) is 10.2 Å². The lowest BCUT2D eigenvalue weighted by Crippen LogP contribution is -2.48. The fourth-order valence-electron chi connectivity index (χ4n) is 3.41. The Morgan fingerprint density at radius 1 is 1.17 bits per heavy atom. The van der Waals surface area contributed by atoms with Crippen LogP contribution in [0.25, 0.3) is 0 Å². The molecule has 1 aromatic rings. The molecule has 2 fully saturated rings. The highest BCUT2D eigenvalue weighted by Gasteiger charge is 2.37. The molecule has 1 saturated carbocycles. The number of alkyl halides is 3. The predicted octanol–water partition coefficient (Wildman–Crippen LogP) is 4.64. The van der Waals surface area contributed by atoms with Crippen LogP contribution in [0.5, 0.6) is 0 Å². The Balaban J connectivity index is 0.00000192. The first-order valence-corrected chi connectivity index (χ1v) is 8.57. The van der Waals surface area contributed by atoms with Gasteiger partial charge in [-0.05, 0) is 42.5 Å². The van der Waals surface area contributed by atoms with Gasteiger partial charge in [0.1, 0.15) is 0 Å². The summed E-state index contributed by atoms with van der Waals surface area (Å²) in [6.07, 6.45) is -0.887. The van der Waals surface area contributed by atoms with Crippen LogP contribution >= 0.6 is 28.3 Å². The Morgan fingerprint density at radius 3 is 2.35 bits per heavy atom. The van der Waals surface area contributed by atoms with Gasteiger partial charge in [-0.15, -0.1) is 12.4 Å². The van der Waals surface area contributed by atoms with Crippen LogP contribution in [0.4, 0.5) is 13.2 Å². The summed E-state index contributed by atoms with van der Waals surface area (Å²) in [6, 6.07) is 4.14. The molecule has 0 aromatic heterocycles. The van der Waals surface area contributed by atoms with Gasteiger partial charge in [0.25, 0.3) is 0 Å². The van der Waals surface area contributed by atoms with Crippen molar-refractivity contribution in [2.24, 2.45) is 5.92 Å². The first kappa shape index (κ1) is 19.0. The van der Waals surface area contributed by atoms with Gasteiger partial charge in [-0.2, -0.15) is 13.2 Å². The molecule has 1 heterocycles. The minimum Gasteiger partial charge on any atom is -0.314 e. The quantitative estimate of drug-likeness (QED) is 0.777. The highest BCUT2D eigenvalue weighted by molar-refractivity contribution is 9.10. The molecule has 130 valence electrons. The van der Waals surface area contributed by atoms with Gasteiger partial charge < -0.3 is 5.32 Å². The minimum atomic E-state index is -4.29. The molecule has 0 radical (unpaired) electrons. The van der Waals surface area contributed by atoms with Gasteiger partial charge in [0.2, 0.25) is 0 Å². The zero-order chi connectivity index (χ0) is 15.7. The summed E-state index contributed by atoms with van der Waals surface area (Å²) >= 11 is 3.48. The Labute approximate surface area is 149 Å². The Kier molecular flexibility index (Phi) is 6.39. The fourth-order valence-corrected chi connectivity index (χ4v) is 3.89. The molecular formula is C16H21BrClF3N2. The van der Waals surface area contributed by atoms with Crippen molar-refractivity contribution < 1.29 is 13.2 Å². The summed E-state index contributed by atoms with van der Waals surface area (Å²) in [5.74, 6) is 0.470. The van der Waals surface area contributed by atoms with E-state index in [1.54, 1.807) is 6.07 Å². The molecule has 2 nitrogen and oxygen atoms in total. The van der Waals surface area contributed by atoms with Crippen molar-refractivity contribution >= 4 is 28.3 Å². The first-order chi connectivity index (χ1) is 10.5. The maximum Gasteiger partial charge on any atom is 0.416 e. The van der Waals surface area contributed by atoms with Gasteiger partial charge in [-0.1, -0.05) is 22.4 Å². The molecule has 1 saturated heterocycles. The van der Waals surface area contributed by atoms with E-state index in [4.69, 9.17) is 0 Å². The van der Waals surface area contributed by atoms with Gasteiger partial charge in [-0.25, -0.2) is 0 Å². The number of rotatable bonds is 3. The van der Waals surface area contributed by atoms with E-state index >= 15 is 0 Å². The number of nitrogens with zero attached hydrogens (tertiary/aromatic N) is 1. The molecule has 1 aliphatic carbocycles. The summed E-state index contributed by atoms with van der Waals surface area (Å²) in [4.78, 5) is 2.35. The Bertz CT molecular complexity index is 529. The van der Waals surface area contributed by atoms with E-state index in [0.717, 1.165) is 55.1 Å². The molecule has 0 amide bonds. The van der Waals surface area contributed by atoms with Crippen molar-refractivity contribution in [3.63, 3.8) is 0 Å². The van der Waals surface area contributed by atoms with Crippen LogP contribution in [0.2, 0.25) is 0 Å². The van der Waals surface area contributed by atoms with Gasteiger partial charge in [0.15, 0.2) is 0 Å². The van der Waals surface area contributed by atoms with Crippen molar-refractivity contribution in [1.29, 1.82) is 0 Å². The molecule has 1 atom stereocenters. The summed E-state index contributed by atoms with van der Waals surface area (Å²) < 4.78 is 40.0. The summed E-state index contributed by atoms with van der Waals surface area (Å²) in [5.41, 5.74) is 0.242. The normalized spacial score (nSPS) is 21.4. The van der Waals surface area contributed by atoms with E-state index in [2.05, 4.69) is 26.1 Å². The smallest absolute Gasteiger partial charge is 0.314 e. The van der Waals surface area contributed by atoms with Gasteiger partial charge in [0.05, 0.1) is 5.56 Å². The SMILES string of the molecule is Cl.FC(F)(F)c1ccc(Br)c([C@H](C2CCC2)N2CCNCC2)c1. The van der Waals surface area contributed by atoms with Gasteiger partial charge in [-0.3, -0.25) is 4.90 Å². The third-order valence-corrected chi connectivity index (χ3v) is 5.51. The summed E-state index contributed by atoms with van der Waals surface area (Å²) in [6.45, 7) is 3.59. The average molecular weight is 414 g/mol. The number of nitrogens with one attached hydrogen (secondary N) is 1. The molecule has 1 aromatic carbocycles. The van der Waals surface area contributed by atoms with Crippen LogP contribution in [0.1, 0.15) is 36.4 Å². The lowest BCUT2D eigenvalue weighted by molar-refractivity contribution is -0.137. The highest BCUT2D eigenvalue weighted by atomic mass is 79.9. The molecule has 3 rings (SSSR count). The van der Waals surface area contributed by atoms with Crippen molar-refractivity contribution in [2.75, 3.05) is 26.2 Å². The second-order valence-electron chi connectivity index (χ2n) is 6.16. The topological polar surface area (TPSA) is 15.3 Å². The van der Waals surface area contributed by atoms with Gasteiger partial charge >= 0.3 is 6.18 Å². The maximum absolute atomic E-state index is 13.1. The zero-order valence-electron chi connectivity index (χ0n) is 12.7. The van der Waals surface area contributed by atoms with E-state index in [9.17, 15) is 13.2 Å². The third-order valence-electron chi connectivity index (χ3n) is 4.78.